The quantitative estimate of drug-likeness (QED) is 0.649. The number of rotatable bonds is 2. The first-order valence-corrected chi connectivity index (χ1v) is 9.41. The van der Waals surface area contributed by atoms with Crippen LogP contribution in [0.15, 0.2) is 6.07 Å². The molecule has 0 radical (unpaired) electrons. The minimum Gasteiger partial charge on any atom is -0.308 e. The molecule has 0 spiro atoms. The van der Waals surface area contributed by atoms with Crippen molar-refractivity contribution in [3.8, 4) is 0 Å². The van der Waals surface area contributed by atoms with Crippen LogP contribution >= 0.6 is 34.9 Å². The lowest BCUT2D eigenvalue weighted by Crippen LogP contribution is -2.23. The Hall–Kier alpha value is -0.500. The van der Waals surface area contributed by atoms with Crippen molar-refractivity contribution in [2.75, 3.05) is 11.2 Å². The van der Waals surface area contributed by atoms with Crippen molar-refractivity contribution in [3.05, 3.63) is 16.8 Å². The summed E-state index contributed by atoms with van der Waals surface area (Å²) in [7, 11) is 0. The summed E-state index contributed by atoms with van der Waals surface area (Å²) in [6.45, 7) is 6.66. The second-order valence-corrected chi connectivity index (χ2v) is 9.25. The van der Waals surface area contributed by atoms with Gasteiger partial charge in [-0.3, -0.25) is 0 Å². The number of anilines is 1. The Balaban J connectivity index is 1.99. The van der Waals surface area contributed by atoms with Crippen molar-refractivity contribution >= 4 is 50.9 Å². The summed E-state index contributed by atoms with van der Waals surface area (Å²) >= 11 is 5.67. The molecule has 4 nitrogen and oxygen atoms in total. The highest BCUT2D eigenvalue weighted by Gasteiger charge is 2.29. The van der Waals surface area contributed by atoms with Crippen LogP contribution in [0.4, 0.5) is 5.82 Å². The number of nitrogens with zero attached hydrogens (tertiary/aromatic N) is 2. The molecule has 3 unspecified atom stereocenters. The first-order valence-electron chi connectivity index (χ1n) is 6.60. The summed E-state index contributed by atoms with van der Waals surface area (Å²) in [5, 5.41) is 2.69. The smallest absolute Gasteiger partial charge is 0.152 e. The van der Waals surface area contributed by atoms with E-state index in [-0.39, 0.29) is 0 Å². The van der Waals surface area contributed by atoms with Crippen molar-refractivity contribution in [1.82, 2.24) is 9.97 Å². The van der Waals surface area contributed by atoms with E-state index < -0.39 is 0 Å². The molecule has 0 amide bonds. The molecule has 0 saturated carbocycles. The molecule has 1 aliphatic heterocycles. The third-order valence-electron chi connectivity index (χ3n) is 3.51. The first kappa shape index (κ1) is 14.4. The van der Waals surface area contributed by atoms with Gasteiger partial charge in [0.1, 0.15) is 10.7 Å². The lowest BCUT2D eigenvalue weighted by atomic mass is 10.3. The van der Waals surface area contributed by atoms with Gasteiger partial charge in [-0.1, -0.05) is 13.8 Å². The maximum atomic E-state index is 5.63. The van der Waals surface area contributed by atoms with Gasteiger partial charge in [-0.25, -0.2) is 15.8 Å². The molecule has 2 aromatic heterocycles. The normalized spacial score (nSPS) is 26.9. The van der Waals surface area contributed by atoms with E-state index in [1.807, 2.05) is 23.5 Å². The molecular weight excluding hydrogens is 308 g/mol. The van der Waals surface area contributed by atoms with E-state index in [0.29, 0.717) is 15.7 Å². The molecule has 1 saturated heterocycles. The van der Waals surface area contributed by atoms with Crippen LogP contribution in [0.1, 0.15) is 29.8 Å². The average Bonchev–Trinajstić information content (AvgIpc) is 2.80. The second kappa shape index (κ2) is 5.71. The molecule has 0 aromatic carbocycles. The third kappa shape index (κ3) is 2.64. The van der Waals surface area contributed by atoms with Gasteiger partial charge in [0.2, 0.25) is 0 Å². The summed E-state index contributed by atoms with van der Waals surface area (Å²) in [5.41, 5.74) is 2.72. The molecule has 20 heavy (non-hydrogen) atoms. The Morgan fingerprint density at radius 2 is 2.10 bits per heavy atom. The minimum absolute atomic E-state index is 0.352. The van der Waals surface area contributed by atoms with Gasteiger partial charge in [0.15, 0.2) is 5.82 Å². The van der Waals surface area contributed by atoms with E-state index in [1.165, 1.54) is 4.88 Å². The lowest BCUT2D eigenvalue weighted by molar-refractivity contribution is 0.866. The number of aryl methyl sites for hydroxylation is 1. The highest BCUT2D eigenvalue weighted by molar-refractivity contribution is 8.07. The third-order valence-corrected chi connectivity index (χ3v) is 7.84. The zero-order valence-corrected chi connectivity index (χ0v) is 14.2. The SMILES string of the molecule is Cc1cc2c(NN)nc(C3CSC(C)C(C)S3)nc2s1. The number of nitrogens with one attached hydrogen (secondary N) is 1. The minimum atomic E-state index is 0.352. The number of nitrogen functional groups attached to an aromatic ring is 1. The topological polar surface area (TPSA) is 63.8 Å². The number of hydrazine groups is 1. The Morgan fingerprint density at radius 3 is 2.80 bits per heavy atom. The van der Waals surface area contributed by atoms with Gasteiger partial charge >= 0.3 is 0 Å². The Bertz CT molecular complexity index is 627. The van der Waals surface area contributed by atoms with Gasteiger partial charge in [-0.2, -0.15) is 11.8 Å². The van der Waals surface area contributed by atoms with Crippen molar-refractivity contribution in [2.24, 2.45) is 5.84 Å². The van der Waals surface area contributed by atoms with E-state index in [9.17, 15) is 0 Å². The first-order chi connectivity index (χ1) is 9.58. The molecule has 3 heterocycles. The van der Waals surface area contributed by atoms with E-state index in [1.54, 1.807) is 11.3 Å². The molecule has 2 aromatic rings. The number of hydrogen-bond donors (Lipinski definition) is 2. The second-order valence-electron chi connectivity index (χ2n) is 5.02. The zero-order chi connectivity index (χ0) is 14.3. The number of aromatic nitrogens is 2. The predicted molar refractivity (Wildman–Crippen MR) is 91.7 cm³/mol. The Labute approximate surface area is 131 Å². The van der Waals surface area contributed by atoms with Gasteiger partial charge in [0, 0.05) is 21.1 Å². The van der Waals surface area contributed by atoms with Gasteiger partial charge < -0.3 is 5.43 Å². The molecule has 0 bridgehead atoms. The summed E-state index contributed by atoms with van der Waals surface area (Å²) in [5.74, 6) is 8.34. The van der Waals surface area contributed by atoms with Crippen LogP contribution in [0, 0.1) is 6.92 Å². The molecule has 0 aliphatic carbocycles. The fourth-order valence-electron chi connectivity index (χ4n) is 2.23. The fraction of sp³-hybridized carbons (Fsp3) is 0.538. The molecule has 3 rings (SSSR count). The molecule has 7 heteroatoms. The van der Waals surface area contributed by atoms with E-state index in [2.05, 4.69) is 37.2 Å². The van der Waals surface area contributed by atoms with Gasteiger partial charge in [0.25, 0.3) is 0 Å². The van der Waals surface area contributed by atoms with Crippen LogP contribution in [0.25, 0.3) is 10.2 Å². The van der Waals surface area contributed by atoms with Crippen LogP contribution in [-0.4, -0.2) is 26.2 Å². The number of thiophene rings is 1. The molecule has 3 N–H and O–H groups in total. The number of hydrogen-bond acceptors (Lipinski definition) is 7. The summed E-state index contributed by atoms with van der Waals surface area (Å²) in [6, 6.07) is 2.09. The number of thioether (sulfide) groups is 2. The summed E-state index contributed by atoms with van der Waals surface area (Å²) in [4.78, 5) is 11.7. The maximum Gasteiger partial charge on any atom is 0.152 e. The maximum absolute atomic E-state index is 5.63. The summed E-state index contributed by atoms with van der Waals surface area (Å²) in [6.07, 6.45) is 0. The van der Waals surface area contributed by atoms with Crippen molar-refractivity contribution in [3.63, 3.8) is 0 Å². The van der Waals surface area contributed by atoms with Crippen molar-refractivity contribution in [1.29, 1.82) is 0 Å². The summed E-state index contributed by atoms with van der Waals surface area (Å²) < 4.78 is 0. The highest BCUT2D eigenvalue weighted by atomic mass is 32.2. The molecule has 1 fully saturated rings. The van der Waals surface area contributed by atoms with Crippen LogP contribution in [-0.2, 0) is 0 Å². The number of fused-ring (bicyclic) bond motifs is 1. The van der Waals surface area contributed by atoms with Crippen molar-refractivity contribution < 1.29 is 0 Å². The van der Waals surface area contributed by atoms with Crippen molar-refractivity contribution in [2.45, 2.75) is 36.5 Å². The molecule has 108 valence electrons. The van der Waals surface area contributed by atoms with E-state index >= 15 is 0 Å². The monoisotopic (exact) mass is 326 g/mol. The van der Waals surface area contributed by atoms with Crippen LogP contribution in [0.3, 0.4) is 0 Å². The molecule has 1 aliphatic rings. The highest BCUT2D eigenvalue weighted by Crippen LogP contribution is 2.44. The Morgan fingerprint density at radius 1 is 1.30 bits per heavy atom. The molecule has 3 atom stereocenters. The van der Waals surface area contributed by atoms with Gasteiger partial charge in [0.05, 0.1) is 10.6 Å². The van der Waals surface area contributed by atoms with E-state index in [4.69, 9.17) is 10.8 Å². The van der Waals surface area contributed by atoms with Crippen LogP contribution in [0.2, 0.25) is 0 Å². The predicted octanol–water partition coefficient (Wildman–Crippen LogP) is 3.58. The number of nitrogens with two attached hydrogens (primary N) is 1. The average molecular weight is 327 g/mol. The van der Waals surface area contributed by atoms with E-state index in [0.717, 1.165) is 27.6 Å². The largest absolute Gasteiger partial charge is 0.308 e. The zero-order valence-electron chi connectivity index (χ0n) is 11.7. The Kier molecular flexibility index (Phi) is 4.12. The van der Waals surface area contributed by atoms with Crippen LogP contribution < -0.4 is 11.3 Å². The molecular formula is C13H18N4S3. The van der Waals surface area contributed by atoms with Crippen LogP contribution in [0.5, 0.6) is 0 Å². The standard InChI is InChI=1S/C13H18N4S3/c1-6-4-9-11(17-14)15-12(16-13(9)19-6)10-5-18-7(2)8(3)20-10/h4,7-8,10H,5,14H2,1-3H3,(H,15,16,17). The lowest BCUT2D eigenvalue weighted by Gasteiger charge is -2.30. The fourth-order valence-corrected chi connectivity index (χ4v) is 5.96. The van der Waals surface area contributed by atoms with Gasteiger partial charge in [-0.05, 0) is 13.0 Å². The van der Waals surface area contributed by atoms with Gasteiger partial charge in [-0.15, -0.1) is 23.1 Å².